The molecule has 5 nitrogen and oxygen atoms in total. The lowest BCUT2D eigenvalue weighted by atomic mass is 9.79. The normalized spacial score (nSPS) is 32.0. The Balaban J connectivity index is 2.01. The van der Waals surface area contributed by atoms with Crippen LogP contribution in [0.1, 0.15) is 19.8 Å². The van der Waals surface area contributed by atoms with Gasteiger partial charge in [-0.1, -0.05) is 6.92 Å². The number of hydrogen-bond acceptors (Lipinski definition) is 4. The highest BCUT2D eigenvalue weighted by atomic mass is 16.3. The van der Waals surface area contributed by atoms with Gasteiger partial charge in [0.05, 0.1) is 12.1 Å². The molecule has 5 heteroatoms. The second-order valence-electron chi connectivity index (χ2n) is 6.67. The van der Waals surface area contributed by atoms with Crippen LogP contribution in [0.5, 0.6) is 0 Å². The molecule has 0 radical (unpaired) electrons. The number of likely N-dealkylation sites (tertiary alicyclic amines) is 2. The van der Waals surface area contributed by atoms with Crippen LogP contribution in [0, 0.1) is 5.41 Å². The third-order valence-electron chi connectivity index (χ3n) is 4.82. The molecular formula is C14H27N3O2. The first-order valence-corrected chi connectivity index (χ1v) is 7.16. The van der Waals surface area contributed by atoms with E-state index >= 15 is 0 Å². The molecule has 2 aliphatic rings. The van der Waals surface area contributed by atoms with E-state index in [9.17, 15) is 9.90 Å². The molecule has 0 aromatic carbocycles. The lowest BCUT2D eigenvalue weighted by Crippen LogP contribution is -2.48. The number of aliphatic hydroxyl groups is 1. The first-order valence-electron chi connectivity index (χ1n) is 7.16. The van der Waals surface area contributed by atoms with Crippen molar-refractivity contribution < 1.29 is 9.90 Å². The summed E-state index contributed by atoms with van der Waals surface area (Å²) >= 11 is 0. The molecule has 0 spiro atoms. The Hall–Kier alpha value is -0.650. The Kier molecular flexibility index (Phi) is 4.18. The first kappa shape index (κ1) is 14.8. The zero-order chi connectivity index (χ0) is 14.2. The van der Waals surface area contributed by atoms with E-state index in [0.717, 1.165) is 25.9 Å². The number of carbonyl (C=O) groups is 1. The van der Waals surface area contributed by atoms with Gasteiger partial charge in [-0.2, -0.15) is 0 Å². The van der Waals surface area contributed by atoms with Crippen molar-refractivity contribution in [1.29, 1.82) is 0 Å². The van der Waals surface area contributed by atoms with Gasteiger partial charge in [0, 0.05) is 18.5 Å². The Morgan fingerprint density at radius 3 is 2.32 bits per heavy atom. The van der Waals surface area contributed by atoms with E-state index in [2.05, 4.69) is 18.9 Å². The van der Waals surface area contributed by atoms with Crippen molar-refractivity contribution in [3.8, 4) is 0 Å². The molecule has 2 fully saturated rings. The van der Waals surface area contributed by atoms with Gasteiger partial charge in [0.1, 0.15) is 0 Å². The summed E-state index contributed by atoms with van der Waals surface area (Å²) in [6, 6.07) is 0.0683. The maximum Gasteiger partial charge on any atom is 0.228 e. The Morgan fingerprint density at radius 1 is 1.26 bits per heavy atom. The molecule has 2 heterocycles. The minimum absolute atomic E-state index is 0.0683. The van der Waals surface area contributed by atoms with Crippen LogP contribution in [0.15, 0.2) is 0 Å². The lowest BCUT2D eigenvalue weighted by molar-refractivity contribution is -0.143. The average Bonchev–Trinajstić information content (AvgIpc) is 2.74. The number of aliphatic hydroxyl groups excluding tert-OH is 1. The van der Waals surface area contributed by atoms with Crippen LogP contribution in [-0.2, 0) is 4.79 Å². The third kappa shape index (κ3) is 2.93. The molecule has 19 heavy (non-hydrogen) atoms. The largest absolute Gasteiger partial charge is 0.390 e. The van der Waals surface area contributed by atoms with Gasteiger partial charge in [-0.05, 0) is 47.1 Å². The molecule has 1 N–H and O–H groups in total. The van der Waals surface area contributed by atoms with E-state index in [-0.39, 0.29) is 17.4 Å². The molecule has 110 valence electrons. The zero-order valence-corrected chi connectivity index (χ0v) is 12.6. The van der Waals surface area contributed by atoms with E-state index in [4.69, 9.17) is 0 Å². The van der Waals surface area contributed by atoms with Crippen LogP contribution in [0.2, 0.25) is 0 Å². The molecule has 0 aliphatic carbocycles. The Morgan fingerprint density at radius 2 is 1.84 bits per heavy atom. The third-order valence-corrected chi connectivity index (χ3v) is 4.82. The summed E-state index contributed by atoms with van der Waals surface area (Å²) in [5.41, 5.74) is -0.243. The lowest BCUT2D eigenvalue weighted by Gasteiger charge is -2.39. The van der Waals surface area contributed by atoms with E-state index < -0.39 is 6.10 Å². The van der Waals surface area contributed by atoms with E-state index in [1.54, 1.807) is 0 Å². The second-order valence-corrected chi connectivity index (χ2v) is 6.67. The zero-order valence-electron chi connectivity index (χ0n) is 12.6. The number of β-amino-alcohol motifs (C(OH)–C–C–N with tert-alkyl or cyclic N) is 1. The van der Waals surface area contributed by atoms with Crippen molar-refractivity contribution in [3.05, 3.63) is 0 Å². The highest BCUT2D eigenvalue weighted by Crippen LogP contribution is 2.34. The minimum atomic E-state index is -0.422. The quantitative estimate of drug-likeness (QED) is 0.757. The number of hydrogen-bond donors (Lipinski definition) is 1. The molecule has 0 unspecified atom stereocenters. The second kappa shape index (κ2) is 5.38. The maximum atomic E-state index is 12.7. The number of rotatable bonds is 2. The molecule has 0 bridgehead atoms. The molecule has 0 aromatic heterocycles. The number of piperidine rings is 1. The highest BCUT2D eigenvalue weighted by molar-refractivity contribution is 5.83. The van der Waals surface area contributed by atoms with Crippen molar-refractivity contribution >= 4 is 5.91 Å². The summed E-state index contributed by atoms with van der Waals surface area (Å²) in [4.78, 5) is 18.9. The number of amides is 1. The Labute approximate surface area is 116 Å². The van der Waals surface area contributed by atoms with Crippen LogP contribution in [0.4, 0.5) is 0 Å². The topological polar surface area (TPSA) is 47.0 Å². The van der Waals surface area contributed by atoms with Gasteiger partial charge in [0.2, 0.25) is 5.91 Å². The maximum absolute atomic E-state index is 12.7. The molecule has 0 saturated carbocycles. The van der Waals surface area contributed by atoms with Gasteiger partial charge in [-0.15, -0.1) is 0 Å². The van der Waals surface area contributed by atoms with Gasteiger partial charge in [-0.3, -0.25) is 4.79 Å². The van der Waals surface area contributed by atoms with Crippen molar-refractivity contribution in [2.24, 2.45) is 5.41 Å². The molecular weight excluding hydrogens is 242 g/mol. The van der Waals surface area contributed by atoms with E-state index in [0.29, 0.717) is 13.1 Å². The fourth-order valence-corrected chi connectivity index (χ4v) is 3.15. The predicted octanol–water partition coefficient (Wildman–Crippen LogP) is -0.148. The molecule has 0 aromatic rings. The van der Waals surface area contributed by atoms with Gasteiger partial charge >= 0.3 is 0 Å². The van der Waals surface area contributed by atoms with Gasteiger partial charge < -0.3 is 19.8 Å². The van der Waals surface area contributed by atoms with Crippen LogP contribution in [0.3, 0.4) is 0 Å². The summed E-state index contributed by atoms with van der Waals surface area (Å²) in [6.45, 7) is 5.18. The predicted molar refractivity (Wildman–Crippen MR) is 74.9 cm³/mol. The van der Waals surface area contributed by atoms with E-state index in [1.165, 1.54) is 0 Å². The van der Waals surface area contributed by atoms with Crippen LogP contribution in [0.25, 0.3) is 0 Å². The summed E-state index contributed by atoms with van der Waals surface area (Å²) in [5.74, 6) is 0.226. The summed E-state index contributed by atoms with van der Waals surface area (Å²) in [5, 5.41) is 10.1. The first-order chi connectivity index (χ1) is 8.83. The van der Waals surface area contributed by atoms with E-state index in [1.807, 2.05) is 23.9 Å². The van der Waals surface area contributed by atoms with Crippen LogP contribution < -0.4 is 0 Å². The number of nitrogens with zero attached hydrogens (tertiary/aromatic N) is 3. The van der Waals surface area contributed by atoms with Crippen molar-refractivity contribution in [3.63, 3.8) is 0 Å². The Bertz CT molecular complexity index is 338. The minimum Gasteiger partial charge on any atom is -0.390 e. The van der Waals surface area contributed by atoms with Gasteiger partial charge in [0.25, 0.3) is 0 Å². The van der Waals surface area contributed by atoms with Gasteiger partial charge in [-0.25, -0.2) is 0 Å². The molecule has 2 aliphatic heterocycles. The van der Waals surface area contributed by atoms with Crippen LogP contribution in [-0.4, -0.2) is 85.2 Å². The van der Waals surface area contributed by atoms with Crippen molar-refractivity contribution in [1.82, 2.24) is 14.7 Å². The van der Waals surface area contributed by atoms with Crippen molar-refractivity contribution in [2.45, 2.75) is 31.9 Å². The van der Waals surface area contributed by atoms with Gasteiger partial charge in [0.15, 0.2) is 0 Å². The number of likely N-dealkylation sites (N-methyl/N-ethyl adjacent to an activating group) is 1. The summed E-state index contributed by atoms with van der Waals surface area (Å²) in [7, 11) is 6.02. The summed E-state index contributed by atoms with van der Waals surface area (Å²) < 4.78 is 0. The SMILES string of the molecule is CN1CCC(C)(C(=O)N2C[C@H](O)[C@@H](N(C)C)C2)CC1. The highest BCUT2D eigenvalue weighted by Gasteiger charge is 2.43. The molecule has 2 atom stereocenters. The summed E-state index contributed by atoms with van der Waals surface area (Å²) in [6.07, 6.45) is 1.41. The smallest absolute Gasteiger partial charge is 0.228 e. The van der Waals surface area contributed by atoms with Crippen LogP contribution >= 0.6 is 0 Å². The molecule has 2 saturated heterocycles. The molecule has 1 amide bonds. The monoisotopic (exact) mass is 269 g/mol. The fraction of sp³-hybridized carbons (Fsp3) is 0.929. The molecule has 2 rings (SSSR count). The standard InChI is InChI=1S/C14H27N3O2/c1-14(5-7-16(4)8-6-14)13(19)17-9-11(15(2)3)12(18)10-17/h11-12,18H,5-10H2,1-4H3/t11-,12-/m0/s1. The number of carbonyl (C=O) groups excluding carboxylic acids is 1. The fourth-order valence-electron chi connectivity index (χ4n) is 3.15. The van der Waals surface area contributed by atoms with Crippen molar-refractivity contribution in [2.75, 3.05) is 47.3 Å². The average molecular weight is 269 g/mol.